The normalized spacial score (nSPS) is 17.9. The molecule has 7 nitrogen and oxygen atoms in total. The number of urea groups is 1. The summed E-state index contributed by atoms with van der Waals surface area (Å²) >= 11 is 1.72. The highest BCUT2D eigenvalue weighted by molar-refractivity contribution is 7.99. The molecule has 0 aromatic carbocycles. The molecule has 2 aromatic heterocycles. The Morgan fingerprint density at radius 3 is 2.76 bits per heavy atom. The third-order valence-electron chi connectivity index (χ3n) is 4.56. The summed E-state index contributed by atoms with van der Waals surface area (Å²) < 4.78 is 44.9. The number of rotatable bonds is 5. The van der Waals surface area contributed by atoms with E-state index in [0.717, 1.165) is 49.8 Å². The number of hydrogen-bond acceptors (Lipinski definition) is 6. The van der Waals surface area contributed by atoms with Crippen molar-refractivity contribution in [3.05, 3.63) is 28.2 Å². The molecule has 0 aliphatic carbocycles. The number of amides is 2. The van der Waals surface area contributed by atoms with E-state index in [1.807, 2.05) is 17.5 Å². The van der Waals surface area contributed by atoms with E-state index in [9.17, 15) is 18.0 Å². The van der Waals surface area contributed by atoms with Crippen molar-refractivity contribution >= 4 is 40.9 Å². The maximum absolute atomic E-state index is 12.9. The number of thiophene rings is 1. The number of nitrogens with zero attached hydrogens (tertiary/aromatic N) is 4. The van der Waals surface area contributed by atoms with Crippen LogP contribution < -0.4 is 14.3 Å². The minimum absolute atomic E-state index is 0.158. The van der Waals surface area contributed by atoms with E-state index in [1.165, 1.54) is 0 Å². The zero-order valence-corrected chi connectivity index (χ0v) is 17.9. The molecule has 0 bridgehead atoms. The second-order valence-corrected chi connectivity index (χ2v) is 9.02. The van der Waals surface area contributed by atoms with Gasteiger partial charge in [-0.3, -0.25) is 13.7 Å². The predicted octanol–water partition coefficient (Wildman–Crippen LogP) is 4.09. The fourth-order valence-corrected chi connectivity index (χ4v) is 4.77. The summed E-state index contributed by atoms with van der Waals surface area (Å²) in [4.78, 5) is 14.2. The number of aromatic nitrogens is 2. The van der Waals surface area contributed by atoms with Gasteiger partial charge in [-0.25, -0.2) is 4.79 Å². The molecule has 2 N–H and O–H groups in total. The van der Waals surface area contributed by atoms with E-state index in [2.05, 4.69) is 27.1 Å². The zero-order valence-electron chi connectivity index (χ0n) is 16.3. The first-order valence-electron chi connectivity index (χ1n) is 9.01. The Balaban J connectivity index is 1.66. The molecule has 1 aliphatic rings. The lowest BCUT2D eigenvalue weighted by atomic mass is 10.1. The number of halogens is 3. The van der Waals surface area contributed by atoms with Gasteiger partial charge >= 0.3 is 12.2 Å². The van der Waals surface area contributed by atoms with E-state index in [-0.39, 0.29) is 11.7 Å². The minimum atomic E-state index is -4.43. The molecule has 0 saturated carbocycles. The molecule has 1 fully saturated rings. The van der Waals surface area contributed by atoms with Crippen LogP contribution in [0.25, 0.3) is 0 Å². The molecule has 1 unspecified atom stereocenters. The number of aryl methyl sites for hydroxylation is 2. The van der Waals surface area contributed by atoms with E-state index < -0.39 is 17.1 Å². The third kappa shape index (κ3) is 5.58. The average Bonchev–Trinajstić information content (AvgIpc) is 3.21. The lowest BCUT2D eigenvalue weighted by Gasteiger charge is -2.37. The number of anilines is 2. The molecule has 0 radical (unpaired) electrons. The highest BCUT2D eigenvalue weighted by atomic mass is 32.2. The molecule has 1 aliphatic heterocycles. The largest absolute Gasteiger partial charge is 0.425 e. The summed E-state index contributed by atoms with van der Waals surface area (Å²) in [7, 11) is 3.87. The average molecular weight is 449 g/mol. The zero-order chi connectivity index (χ0) is 21.2. The first-order chi connectivity index (χ1) is 13.6. The quantitative estimate of drug-likeness (QED) is 0.675. The fourth-order valence-electron chi connectivity index (χ4n) is 3.18. The van der Waals surface area contributed by atoms with Crippen molar-refractivity contribution in [1.82, 2.24) is 19.4 Å². The number of alkyl halides is 3. The summed E-state index contributed by atoms with van der Waals surface area (Å²) in [6.45, 7) is 3.40. The molecule has 3 heterocycles. The van der Waals surface area contributed by atoms with Gasteiger partial charge in [-0.05, 0) is 39.4 Å². The second kappa shape index (κ2) is 8.84. The summed E-state index contributed by atoms with van der Waals surface area (Å²) in [5, 5.41) is 6.71. The van der Waals surface area contributed by atoms with Crippen LogP contribution in [0, 0.1) is 6.92 Å². The van der Waals surface area contributed by atoms with Crippen LogP contribution in [0.2, 0.25) is 0 Å². The van der Waals surface area contributed by atoms with Crippen molar-refractivity contribution in [3.63, 3.8) is 0 Å². The number of likely N-dealkylation sites (tertiary alicyclic amines) is 1. The number of carbonyl (C=O) groups excluding carboxylic acids is 1. The third-order valence-corrected chi connectivity index (χ3v) is 6.64. The standard InChI is InChI=1S/C17H23F3N6OS2/c1-11-14(7-15(28-11)17(18,19)20)22-16(27)23-29-26(13-8-21-25(3)10-13)12-5-4-6-24(2)9-12/h7-8,10,12H,4-6,9H2,1-3H3,(H2,22,23,27). The summed E-state index contributed by atoms with van der Waals surface area (Å²) in [5.74, 6) is 0. The van der Waals surface area contributed by atoms with Gasteiger partial charge in [0.25, 0.3) is 0 Å². The molecule has 12 heteroatoms. The highest BCUT2D eigenvalue weighted by Gasteiger charge is 2.33. The van der Waals surface area contributed by atoms with Gasteiger partial charge in [-0.1, -0.05) is 0 Å². The SMILES string of the molecule is Cc1sc(C(F)(F)F)cc1NC(=O)NSN(c1cnn(C)c1)C1CCCN(C)C1. The topological polar surface area (TPSA) is 65.4 Å². The van der Waals surface area contributed by atoms with Gasteiger partial charge in [0.1, 0.15) is 4.88 Å². The van der Waals surface area contributed by atoms with E-state index in [4.69, 9.17) is 0 Å². The van der Waals surface area contributed by atoms with Gasteiger partial charge in [-0.2, -0.15) is 18.3 Å². The first-order valence-corrected chi connectivity index (χ1v) is 10.6. The van der Waals surface area contributed by atoms with E-state index >= 15 is 0 Å². The van der Waals surface area contributed by atoms with Gasteiger partial charge < -0.3 is 10.2 Å². The van der Waals surface area contributed by atoms with Crippen molar-refractivity contribution in [3.8, 4) is 0 Å². The smallest absolute Gasteiger partial charge is 0.306 e. The lowest BCUT2D eigenvalue weighted by molar-refractivity contribution is -0.134. The maximum Gasteiger partial charge on any atom is 0.425 e. The van der Waals surface area contributed by atoms with Gasteiger partial charge in [0.2, 0.25) is 0 Å². The molecule has 29 heavy (non-hydrogen) atoms. The van der Waals surface area contributed by atoms with Gasteiger partial charge in [0.15, 0.2) is 0 Å². The molecule has 1 saturated heterocycles. The molecule has 0 spiro atoms. The number of likely N-dealkylation sites (N-methyl/N-ethyl adjacent to an activating group) is 1. The Labute approximate surface area is 175 Å². The fraction of sp³-hybridized carbons (Fsp3) is 0.529. The second-order valence-electron chi connectivity index (χ2n) is 6.98. The summed E-state index contributed by atoms with van der Waals surface area (Å²) in [6.07, 6.45) is 1.16. The van der Waals surface area contributed by atoms with Crippen LogP contribution >= 0.6 is 23.5 Å². The number of carbonyl (C=O) groups is 1. The Morgan fingerprint density at radius 2 is 2.17 bits per heavy atom. The van der Waals surface area contributed by atoms with Gasteiger partial charge in [0.05, 0.1) is 35.7 Å². The van der Waals surface area contributed by atoms with Crippen LogP contribution in [0.15, 0.2) is 18.5 Å². The Kier molecular flexibility index (Phi) is 6.64. The summed E-state index contributed by atoms with van der Waals surface area (Å²) in [6, 6.07) is 0.546. The van der Waals surface area contributed by atoms with Gasteiger partial charge in [0, 0.05) is 24.7 Å². The van der Waals surface area contributed by atoms with Crippen molar-refractivity contribution in [2.45, 2.75) is 32.0 Å². The number of hydrogen-bond donors (Lipinski definition) is 2. The Hall–Kier alpha value is -1.92. The molecule has 2 aromatic rings. The maximum atomic E-state index is 12.9. The minimum Gasteiger partial charge on any atom is -0.306 e. The predicted molar refractivity (Wildman–Crippen MR) is 110 cm³/mol. The van der Waals surface area contributed by atoms with Crippen LogP contribution in [-0.2, 0) is 13.2 Å². The molecule has 160 valence electrons. The Bertz CT molecular complexity index is 853. The highest BCUT2D eigenvalue weighted by Crippen LogP contribution is 2.38. The van der Waals surface area contributed by atoms with Crippen LogP contribution in [0.5, 0.6) is 0 Å². The number of piperidine rings is 1. The number of nitrogens with one attached hydrogen (secondary N) is 2. The van der Waals surface area contributed by atoms with Crippen LogP contribution in [-0.4, -0.2) is 46.9 Å². The molecule has 1 atom stereocenters. The van der Waals surface area contributed by atoms with Crippen molar-refractivity contribution in [1.29, 1.82) is 0 Å². The molecular formula is C17H23F3N6OS2. The van der Waals surface area contributed by atoms with Gasteiger partial charge in [-0.15, -0.1) is 11.3 Å². The first kappa shape index (κ1) is 21.8. The van der Waals surface area contributed by atoms with Crippen molar-refractivity contribution < 1.29 is 18.0 Å². The van der Waals surface area contributed by atoms with E-state index in [0.29, 0.717) is 16.2 Å². The van der Waals surface area contributed by atoms with Crippen LogP contribution in [0.1, 0.15) is 22.6 Å². The van der Waals surface area contributed by atoms with E-state index in [1.54, 1.807) is 17.8 Å². The van der Waals surface area contributed by atoms with Crippen LogP contribution in [0.3, 0.4) is 0 Å². The molecular weight excluding hydrogens is 425 g/mol. The Morgan fingerprint density at radius 1 is 1.41 bits per heavy atom. The monoisotopic (exact) mass is 448 g/mol. The molecule has 2 amide bonds. The van der Waals surface area contributed by atoms with Crippen LogP contribution in [0.4, 0.5) is 29.3 Å². The summed E-state index contributed by atoms with van der Waals surface area (Å²) in [5.41, 5.74) is 1.01. The lowest BCUT2D eigenvalue weighted by Crippen LogP contribution is -2.45. The molecule has 3 rings (SSSR count). The van der Waals surface area contributed by atoms with Crippen molar-refractivity contribution in [2.24, 2.45) is 7.05 Å². The van der Waals surface area contributed by atoms with Crippen molar-refractivity contribution in [2.75, 3.05) is 29.8 Å².